The smallest absolute Gasteiger partial charge is 0.116 e. The molecule has 0 aliphatic carbocycles. The Morgan fingerprint density at radius 3 is 1.92 bits per heavy atom. The quantitative estimate of drug-likeness (QED) is 0.477. The van der Waals surface area contributed by atoms with Crippen LogP contribution in [-0.4, -0.2) is 27.2 Å². The minimum atomic E-state index is -1.15. The Bertz CT molecular complexity index is 202. The molecule has 0 spiro atoms. The molecule has 1 fully saturated rings. The summed E-state index contributed by atoms with van der Waals surface area (Å²) in [6, 6.07) is 5.11. The van der Waals surface area contributed by atoms with Crippen molar-refractivity contribution in [1.82, 2.24) is 4.23 Å². The lowest BCUT2D eigenvalue weighted by atomic mass is 10.8. The van der Waals surface area contributed by atoms with E-state index in [1.54, 1.807) is 0 Å². The van der Waals surface area contributed by atoms with Gasteiger partial charge in [0.15, 0.2) is 0 Å². The van der Waals surface area contributed by atoms with Crippen molar-refractivity contribution < 1.29 is 0 Å². The number of nitriles is 1. The molecule has 0 aromatic carbocycles. The minimum Gasteiger partial charge on any atom is -0.334 e. The first-order chi connectivity index (χ1) is 5.40. The van der Waals surface area contributed by atoms with Crippen LogP contribution in [-0.2, 0) is 0 Å². The Hall–Kier alpha value is -0.116. The third-order valence-electron chi connectivity index (χ3n) is 3.04. The molecule has 68 valence electrons. The number of rotatable bonds is 1. The molecule has 0 unspecified atom stereocenters. The van der Waals surface area contributed by atoms with Gasteiger partial charge >= 0.3 is 0 Å². The lowest BCUT2D eigenvalue weighted by Crippen LogP contribution is -2.54. The lowest BCUT2D eigenvalue weighted by molar-refractivity contribution is 0.710. The molecule has 0 N–H and O–H groups in total. The number of hydrogen-bond donors (Lipinski definition) is 0. The summed E-state index contributed by atoms with van der Waals surface area (Å²) in [6.07, 6.45) is 0. The van der Waals surface area contributed by atoms with E-state index in [4.69, 9.17) is 5.26 Å². The highest BCUT2D eigenvalue weighted by molar-refractivity contribution is 6.95. The largest absolute Gasteiger partial charge is 0.334 e. The molecule has 4 heteroatoms. The predicted octanol–water partition coefficient (Wildman–Crippen LogP) is 2.24. The van der Waals surface area contributed by atoms with Crippen LogP contribution in [0.1, 0.15) is 0 Å². The molecule has 0 radical (unpaired) electrons. The lowest BCUT2D eigenvalue weighted by Gasteiger charge is -2.36. The Morgan fingerprint density at radius 2 is 1.58 bits per heavy atom. The zero-order chi connectivity index (χ0) is 9.41. The van der Waals surface area contributed by atoms with Crippen molar-refractivity contribution in [3.8, 4) is 6.07 Å². The van der Waals surface area contributed by atoms with E-state index < -0.39 is 16.5 Å². The van der Waals surface area contributed by atoms with E-state index in [-0.39, 0.29) is 0 Å². The van der Waals surface area contributed by atoms with Crippen LogP contribution in [0.5, 0.6) is 0 Å². The van der Waals surface area contributed by atoms with Gasteiger partial charge in [0.05, 0.1) is 12.6 Å². The summed E-state index contributed by atoms with van der Waals surface area (Å²) in [6.45, 7) is 10.3. The number of nitrogens with zero attached hydrogens (tertiary/aromatic N) is 2. The molecule has 1 saturated heterocycles. The second-order valence-electron chi connectivity index (χ2n) is 4.87. The van der Waals surface area contributed by atoms with Crippen LogP contribution >= 0.6 is 0 Å². The molecule has 1 rings (SSSR count). The first-order valence-electron chi connectivity index (χ1n) is 4.55. The van der Waals surface area contributed by atoms with Crippen molar-refractivity contribution in [2.75, 3.05) is 6.54 Å². The minimum absolute atomic E-state index is 0.679. The molecule has 1 aliphatic heterocycles. The summed E-state index contributed by atoms with van der Waals surface area (Å²) in [7, 11) is -2.31. The monoisotopic (exact) mass is 198 g/mol. The van der Waals surface area contributed by atoms with Gasteiger partial charge in [-0.2, -0.15) is 5.26 Å². The zero-order valence-corrected chi connectivity index (χ0v) is 10.5. The number of hydrogen-bond acceptors (Lipinski definition) is 2. The summed E-state index contributed by atoms with van der Waals surface area (Å²) in [5.41, 5.74) is 0. The maximum Gasteiger partial charge on any atom is 0.116 e. The fourth-order valence-corrected chi connectivity index (χ4v) is 15.9. The zero-order valence-electron chi connectivity index (χ0n) is 8.52. The Labute approximate surface area is 77.4 Å². The van der Waals surface area contributed by atoms with Crippen molar-refractivity contribution in [3.63, 3.8) is 0 Å². The SMILES string of the molecule is C[Si]1(C)CC[Si](C)(C)N1CC#N. The normalized spacial score (nSPS) is 26.9. The van der Waals surface area contributed by atoms with Gasteiger partial charge in [-0.25, -0.2) is 0 Å². The van der Waals surface area contributed by atoms with E-state index in [1.165, 1.54) is 12.1 Å². The van der Waals surface area contributed by atoms with E-state index in [0.29, 0.717) is 6.54 Å². The highest BCUT2D eigenvalue weighted by atomic mass is 28.4. The molecular formula is C8H18N2Si2. The summed E-state index contributed by atoms with van der Waals surface area (Å²) in [5, 5.41) is 8.74. The van der Waals surface area contributed by atoms with Crippen LogP contribution in [0, 0.1) is 11.3 Å². The van der Waals surface area contributed by atoms with Gasteiger partial charge in [0.1, 0.15) is 16.5 Å². The Kier molecular flexibility index (Phi) is 2.48. The van der Waals surface area contributed by atoms with Gasteiger partial charge in [-0.05, 0) is 12.1 Å². The van der Waals surface area contributed by atoms with Gasteiger partial charge in [-0.15, -0.1) is 0 Å². The highest BCUT2D eigenvalue weighted by Gasteiger charge is 2.46. The topological polar surface area (TPSA) is 27.0 Å². The van der Waals surface area contributed by atoms with E-state index in [1.807, 2.05) is 0 Å². The standard InChI is InChI=1S/C8H18N2Si2/c1-11(2)7-8-12(3,4)10(11)6-5-9/h6-8H2,1-4H3. The third kappa shape index (κ3) is 1.63. The van der Waals surface area contributed by atoms with Gasteiger partial charge < -0.3 is 4.23 Å². The summed E-state index contributed by atoms with van der Waals surface area (Å²) in [5.74, 6) is 0. The van der Waals surface area contributed by atoms with Crippen molar-refractivity contribution in [2.24, 2.45) is 0 Å². The van der Waals surface area contributed by atoms with Crippen LogP contribution < -0.4 is 0 Å². The molecule has 0 saturated carbocycles. The average molecular weight is 198 g/mol. The molecule has 0 aromatic rings. The Balaban J connectivity index is 2.83. The molecule has 1 heterocycles. The van der Waals surface area contributed by atoms with Crippen molar-refractivity contribution in [2.45, 2.75) is 38.3 Å². The first-order valence-corrected chi connectivity index (χ1v) is 10.9. The van der Waals surface area contributed by atoms with E-state index in [9.17, 15) is 0 Å². The first kappa shape index (κ1) is 9.97. The van der Waals surface area contributed by atoms with Crippen LogP contribution in [0.4, 0.5) is 0 Å². The van der Waals surface area contributed by atoms with Crippen LogP contribution in [0.15, 0.2) is 0 Å². The van der Waals surface area contributed by atoms with Crippen molar-refractivity contribution in [3.05, 3.63) is 0 Å². The van der Waals surface area contributed by atoms with Crippen LogP contribution in [0.2, 0.25) is 38.3 Å². The average Bonchev–Trinajstić information content (AvgIpc) is 2.13. The van der Waals surface area contributed by atoms with Crippen LogP contribution in [0.25, 0.3) is 0 Å². The van der Waals surface area contributed by atoms with Gasteiger partial charge in [0.2, 0.25) is 0 Å². The third-order valence-corrected chi connectivity index (χ3v) is 13.4. The van der Waals surface area contributed by atoms with Crippen LogP contribution in [0.3, 0.4) is 0 Å². The second kappa shape index (κ2) is 2.98. The summed E-state index contributed by atoms with van der Waals surface area (Å²) in [4.78, 5) is 0. The van der Waals surface area contributed by atoms with Crippen molar-refractivity contribution in [1.29, 1.82) is 5.26 Å². The molecular weight excluding hydrogens is 180 g/mol. The van der Waals surface area contributed by atoms with Gasteiger partial charge in [-0.1, -0.05) is 26.2 Å². The Morgan fingerprint density at radius 1 is 1.17 bits per heavy atom. The maximum atomic E-state index is 8.74. The molecule has 0 amide bonds. The van der Waals surface area contributed by atoms with E-state index in [0.717, 1.165) is 0 Å². The predicted molar refractivity (Wildman–Crippen MR) is 56.9 cm³/mol. The maximum absolute atomic E-state index is 8.74. The van der Waals surface area contributed by atoms with Crippen molar-refractivity contribution >= 4 is 16.5 Å². The molecule has 1 aliphatic rings. The van der Waals surface area contributed by atoms with Gasteiger partial charge in [-0.3, -0.25) is 0 Å². The van der Waals surface area contributed by atoms with E-state index >= 15 is 0 Å². The molecule has 2 nitrogen and oxygen atoms in total. The van der Waals surface area contributed by atoms with Gasteiger partial charge in [0, 0.05) is 0 Å². The van der Waals surface area contributed by atoms with Gasteiger partial charge in [0.25, 0.3) is 0 Å². The summed E-state index contributed by atoms with van der Waals surface area (Å²) >= 11 is 0. The fourth-order valence-electron chi connectivity index (χ4n) is 2.20. The van der Waals surface area contributed by atoms with E-state index in [2.05, 4.69) is 36.5 Å². The highest BCUT2D eigenvalue weighted by Crippen LogP contribution is 2.36. The second-order valence-corrected chi connectivity index (χ2v) is 14.6. The fraction of sp³-hybridized carbons (Fsp3) is 0.875. The molecule has 0 aromatic heterocycles. The molecule has 0 bridgehead atoms. The molecule has 0 atom stereocenters. The summed E-state index contributed by atoms with van der Waals surface area (Å²) < 4.78 is 2.58. The molecule has 12 heavy (non-hydrogen) atoms.